The van der Waals surface area contributed by atoms with Crippen molar-refractivity contribution in [2.45, 2.75) is 10.1 Å². The number of H-pyrrole nitrogens is 1. The number of rotatable bonds is 3. The summed E-state index contributed by atoms with van der Waals surface area (Å²) >= 11 is 7.10. The van der Waals surface area contributed by atoms with Crippen LogP contribution in [0.5, 0.6) is 0 Å². The van der Waals surface area contributed by atoms with Gasteiger partial charge in [0.15, 0.2) is 5.16 Å². The first-order chi connectivity index (χ1) is 8.56. The Labute approximate surface area is 112 Å². The van der Waals surface area contributed by atoms with Gasteiger partial charge in [0.25, 0.3) is 5.56 Å². The van der Waals surface area contributed by atoms with Crippen molar-refractivity contribution >= 4 is 29.2 Å². The van der Waals surface area contributed by atoms with Crippen LogP contribution in [0.4, 0.5) is 0 Å². The maximum absolute atomic E-state index is 11.2. The monoisotopic (exact) mass is 280 g/mol. The van der Waals surface area contributed by atoms with E-state index in [1.165, 1.54) is 24.0 Å². The molecule has 92 valence electrons. The molecule has 2 aromatic rings. The fraction of sp³-hybridized carbons (Fsp3) is 0. The Kier molecular flexibility index (Phi) is 3.69. The molecule has 7 heteroatoms. The molecule has 0 aliphatic rings. The predicted octanol–water partition coefficient (Wildman–Crippen LogP) is 1.86. The van der Waals surface area contributed by atoms with Gasteiger partial charge in [-0.3, -0.25) is 10.2 Å². The highest BCUT2D eigenvalue weighted by molar-refractivity contribution is 7.99. The molecular weight excluding hydrogens is 272 g/mol. The summed E-state index contributed by atoms with van der Waals surface area (Å²) in [5, 5.41) is 8.44. The Morgan fingerprint density at radius 2 is 2.22 bits per heavy atom. The van der Waals surface area contributed by atoms with E-state index in [-0.39, 0.29) is 11.4 Å². The maximum atomic E-state index is 11.2. The number of halogens is 1. The first-order valence-electron chi connectivity index (χ1n) is 4.93. The van der Waals surface area contributed by atoms with Crippen LogP contribution in [-0.4, -0.2) is 15.8 Å². The zero-order valence-corrected chi connectivity index (χ0v) is 10.7. The minimum Gasteiger partial charge on any atom is -0.384 e. The maximum Gasteiger partial charge on any atom is 0.251 e. The molecule has 0 amide bonds. The summed E-state index contributed by atoms with van der Waals surface area (Å²) in [5.41, 5.74) is 5.80. The summed E-state index contributed by atoms with van der Waals surface area (Å²) in [6, 6.07) is 6.32. The van der Waals surface area contributed by atoms with Gasteiger partial charge in [-0.2, -0.15) is 0 Å². The summed E-state index contributed by atoms with van der Waals surface area (Å²) in [7, 11) is 0. The minimum absolute atomic E-state index is 0.0626. The third-order valence-corrected chi connectivity index (χ3v) is 3.28. The number of aromatic amines is 1. The van der Waals surface area contributed by atoms with Gasteiger partial charge in [0.05, 0.1) is 0 Å². The second kappa shape index (κ2) is 5.24. The van der Waals surface area contributed by atoms with Crippen LogP contribution in [-0.2, 0) is 0 Å². The SMILES string of the molecule is N=C(N)c1ccc(Cl)cc1Sc1nccc(=O)[nH]1. The Bertz CT molecular complexity index is 655. The van der Waals surface area contributed by atoms with Crippen molar-refractivity contribution in [2.24, 2.45) is 5.73 Å². The van der Waals surface area contributed by atoms with Gasteiger partial charge in [0.1, 0.15) is 5.84 Å². The summed E-state index contributed by atoms with van der Waals surface area (Å²) in [6.07, 6.45) is 1.42. The topological polar surface area (TPSA) is 95.6 Å². The molecule has 0 aliphatic carbocycles. The molecule has 0 saturated carbocycles. The first-order valence-corrected chi connectivity index (χ1v) is 6.13. The molecule has 0 unspecified atom stereocenters. The van der Waals surface area contributed by atoms with Crippen molar-refractivity contribution in [3.05, 3.63) is 51.4 Å². The average Bonchev–Trinajstić information content (AvgIpc) is 2.28. The van der Waals surface area contributed by atoms with E-state index in [4.69, 9.17) is 22.7 Å². The Morgan fingerprint density at radius 3 is 2.89 bits per heavy atom. The quantitative estimate of drug-likeness (QED) is 0.454. The third kappa shape index (κ3) is 2.91. The van der Waals surface area contributed by atoms with Crippen LogP contribution in [0.25, 0.3) is 0 Å². The summed E-state index contributed by atoms with van der Waals surface area (Å²) in [4.78, 5) is 18.4. The second-order valence-corrected chi connectivity index (χ2v) is 4.86. The Balaban J connectivity index is 2.42. The lowest BCUT2D eigenvalue weighted by molar-refractivity contribution is 0.936. The number of nitrogens with two attached hydrogens (primary N) is 1. The molecule has 0 radical (unpaired) electrons. The van der Waals surface area contributed by atoms with Gasteiger partial charge in [-0.05, 0) is 18.2 Å². The number of amidine groups is 1. The van der Waals surface area contributed by atoms with Crippen LogP contribution >= 0.6 is 23.4 Å². The van der Waals surface area contributed by atoms with Crippen molar-refractivity contribution in [2.75, 3.05) is 0 Å². The van der Waals surface area contributed by atoms with E-state index < -0.39 is 0 Å². The van der Waals surface area contributed by atoms with Crippen LogP contribution in [0.15, 0.2) is 45.3 Å². The molecule has 0 aliphatic heterocycles. The van der Waals surface area contributed by atoms with E-state index >= 15 is 0 Å². The van der Waals surface area contributed by atoms with Gasteiger partial charge in [0, 0.05) is 27.7 Å². The summed E-state index contributed by atoms with van der Waals surface area (Å²) < 4.78 is 0. The van der Waals surface area contributed by atoms with Crippen molar-refractivity contribution < 1.29 is 0 Å². The zero-order valence-electron chi connectivity index (χ0n) is 9.11. The van der Waals surface area contributed by atoms with Crippen LogP contribution in [0.3, 0.4) is 0 Å². The van der Waals surface area contributed by atoms with Crippen molar-refractivity contribution in [3.63, 3.8) is 0 Å². The number of nitrogens with one attached hydrogen (secondary N) is 2. The normalized spacial score (nSPS) is 10.3. The van der Waals surface area contributed by atoms with Crippen molar-refractivity contribution in [1.29, 1.82) is 5.41 Å². The molecular formula is C11H9ClN4OS. The van der Waals surface area contributed by atoms with E-state index in [9.17, 15) is 4.79 Å². The van der Waals surface area contributed by atoms with E-state index in [0.717, 1.165) is 0 Å². The van der Waals surface area contributed by atoms with E-state index in [0.29, 0.717) is 20.6 Å². The molecule has 0 fully saturated rings. The first kappa shape index (κ1) is 12.7. The summed E-state index contributed by atoms with van der Waals surface area (Å²) in [5.74, 6) is -0.0626. The van der Waals surface area contributed by atoms with Gasteiger partial charge in [-0.25, -0.2) is 4.98 Å². The molecule has 18 heavy (non-hydrogen) atoms. The lowest BCUT2D eigenvalue weighted by Gasteiger charge is -2.07. The molecule has 2 rings (SSSR count). The predicted molar refractivity (Wildman–Crippen MR) is 71.4 cm³/mol. The summed E-state index contributed by atoms with van der Waals surface area (Å²) in [6.45, 7) is 0. The molecule has 0 atom stereocenters. The van der Waals surface area contributed by atoms with Crippen molar-refractivity contribution in [1.82, 2.24) is 9.97 Å². The number of aromatic nitrogens is 2. The Hall–Kier alpha value is -1.79. The van der Waals surface area contributed by atoms with E-state index in [1.807, 2.05) is 0 Å². The van der Waals surface area contributed by atoms with Crippen LogP contribution in [0.2, 0.25) is 5.02 Å². The van der Waals surface area contributed by atoms with Gasteiger partial charge < -0.3 is 10.7 Å². The molecule has 1 heterocycles. The molecule has 1 aromatic carbocycles. The molecule has 0 bridgehead atoms. The molecule has 1 aromatic heterocycles. The lowest BCUT2D eigenvalue weighted by Crippen LogP contribution is -2.12. The second-order valence-electron chi connectivity index (χ2n) is 3.40. The Morgan fingerprint density at radius 1 is 1.44 bits per heavy atom. The number of nitrogen functional groups attached to an aromatic ring is 1. The third-order valence-electron chi connectivity index (χ3n) is 2.09. The fourth-order valence-corrected chi connectivity index (χ4v) is 2.50. The lowest BCUT2D eigenvalue weighted by atomic mass is 10.2. The standard InChI is InChI=1S/C11H9ClN4OS/c12-6-1-2-7(10(13)14)8(5-6)18-11-15-4-3-9(17)16-11/h1-5H,(H3,13,14)(H,15,16,17). The highest BCUT2D eigenvalue weighted by Gasteiger charge is 2.09. The number of benzene rings is 1. The van der Waals surface area contributed by atoms with Gasteiger partial charge in [0.2, 0.25) is 0 Å². The smallest absolute Gasteiger partial charge is 0.251 e. The van der Waals surface area contributed by atoms with Crippen LogP contribution in [0.1, 0.15) is 5.56 Å². The van der Waals surface area contributed by atoms with E-state index in [1.54, 1.807) is 18.2 Å². The minimum atomic E-state index is -0.237. The van der Waals surface area contributed by atoms with Gasteiger partial charge in [-0.15, -0.1) is 0 Å². The number of hydrogen-bond donors (Lipinski definition) is 3. The van der Waals surface area contributed by atoms with E-state index in [2.05, 4.69) is 9.97 Å². The van der Waals surface area contributed by atoms with Crippen LogP contribution in [0, 0.1) is 5.41 Å². The molecule has 0 spiro atoms. The van der Waals surface area contributed by atoms with Gasteiger partial charge in [-0.1, -0.05) is 23.4 Å². The number of nitrogens with zero attached hydrogens (tertiary/aromatic N) is 1. The number of hydrogen-bond acceptors (Lipinski definition) is 4. The highest BCUT2D eigenvalue weighted by atomic mass is 35.5. The zero-order chi connectivity index (χ0) is 13.1. The molecule has 5 nitrogen and oxygen atoms in total. The fourth-order valence-electron chi connectivity index (χ4n) is 1.31. The largest absolute Gasteiger partial charge is 0.384 e. The molecule has 0 saturated heterocycles. The average molecular weight is 281 g/mol. The van der Waals surface area contributed by atoms with Crippen molar-refractivity contribution in [3.8, 4) is 0 Å². The van der Waals surface area contributed by atoms with Crippen LogP contribution < -0.4 is 11.3 Å². The highest BCUT2D eigenvalue weighted by Crippen LogP contribution is 2.29. The molecule has 4 N–H and O–H groups in total. The van der Waals surface area contributed by atoms with Gasteiger partial charge >= 0.3 is 0 Å².